The summed E-state index contributed by atoms with van der Waals surface area (Å²) in [4.78, 5) is 37.8. The molecule has 0 spiro atoms. The summed E-state index contributed by atoms with van der Waals surface area (Å²) in [5, 5.41) is 3.39. The van der Waals surface area contributed by atoms with Crippen molar-refractivity contribution in [2.75, 3.05) is 19.0 Å². The van der Waals surface area contributed by atoms with Crippen LogP contribution in [0.25, 0.3) is 11.0 Å². The number of anilines is 1. The average Bonchev–Trinajstić information content (AvgIpc) is 2.80. The van der Waals surface area contributed by atoms with E-state index in [9.17, 15) is 14.4 Å². The zero-order valence-corrected chi connectivity index (χ0v) is 20.6. The number of rotatable bonds is 6. The Morgan fingerprint density at radius 2 is 1.97 bits per heavy atom. The Morgan fingerprint density at radius 1 is 1.20 bits per heavy atom. The van der Waals surface area contributed by atoms with Crippen LogP contribution in [0.3, 0.4) is 0 Å². The molecule has 0 saturated heterocycles. The van der Waals surface area contributed by atoms with Gasteiger partial charge in [-0.05, 0) is 64.3 Å². The molecule has 35 heavy (non-hydrogen) atoms. The van der Waals surface area contributed by atoms with Crippen LogP contribution in [0, 0.1) is 6.92 Å². The predicted octanol–water partition coefficient (Wildman–Crippen LogP) is 4.57. The van der Waals surface area contributed by atoms with E-state index in [-0.39, 0.29) is 24.2 Å². The maximum absolute atomic E-state index is 13.0. The number of ether oxygens (including phenoxy) is 3. The van der Waals surface area contributed by atoms with Crippen molar-refractivity contribution in [2.24, 2.45) is 0 Å². The lowest BCUT2D eigenvalue weighted by Crippen LogP contribution is -2.32. The van der Waals surface area contributed by atoms with Crippen LogP contribution in [0.1, 0.15) is 54.2 Å². The van der Waals surface area contributed by atoms with Gasteiger partial charge in [-0.3, -0.25) is 4.79 Å². The second-order valence-corrected chi connectivity index (χ2v) is 9.14. The number of carbonyl (C=O) groups excluding carboxylic acids is 2. The quantitative estimate of drug-likeness (QED) is 0.408. The van der Waals surface area contributed by atoms with Crippen molar-refractivity contribution >= 4 is 28.5 Å². The highest BCUT2D eigenvalue weighted by Gasteiger charge is 2.31. The van der Waals surface area contributed by atoms with Gasteiger partial charge in [0.05, 0.1) is 36.7 Å². The molecule has 1 aliphatic heterocycles. The Morgan fingerprint density at radius 3 is 2.69 bits per heavy atom. The number of aryl methyl sites for hydroxylation is 2. The molecule has 1 aliphatic rings. The van der Waals surface area contributed by atoms with Crippen LogP contribution < -0.4 is 20.4 Å². The van der Waals surface area contributed by atoms with Crippen LogP contribution in [0.2, 0.25) is 0 Å². The van der Waals surface area contributed by atoms with Crippen molar-refractivity contribution < 1.29 is 28.2 Å². The molecule has 0 bridgehead atoms. The predicted molar refractivity (Wildman–Crippen MR) is 132 cm³/mol. The third-order valence-electron chi connectivity index (χ3n) is 6.15. The molecule has 8 heteroatoms. The zero-order valence-electron chi connectivity index (χ0n) is 20.6. The fourth-order valence-corrected chi connectivity index (χ4v) is 4.35. The summed E-state index contributed by atoms with van der Waals surface area (Å²) in [6, 6.07) is 8.26. The van der Waals surface area contributed by atoms with Gasteiger partial charge in [-0.25, -0.2) is 9.59 Å². The highest BCUT2D eigenvalue weighted by Crippen LogP contribution is 2.43. The van der Waals surface area contributed by atoms with Gasteiger partial charge in [-0.2, -0.15) is 0 Å². The second kappa shape index (κ2) is 9.44. The molecule has 0 aliphatic carbocycles. The Kier molecular flexibility index (Phi) is 6.56. The molecule has 184 valence electrons. The van der Waals surface area contributed by atoms with Gasteiger partial charge in [0.2, 0.25) is 5.91 Å². The third kappa shape index (κ3) is 4.87. The lowest BCUT2D eigenvalue weighted by atomic mass is 9.91. The summed E-state index contributed by atoms with van der Waals surface area (Å²) in [6.07, 6.45) is 1.28. The first-order valence-corrected chi connectivity index (χ1v) is 11.6. The summed E-state index contributed by atoms with van der Waals surface area (Å²) in [6.45, 7) is 7.78. The fourth-order valence-electron chi connectivity index (χ4n) is 4.35. The first kappa shape index (κ1) is 24.3. The second-order valence-electron chi connectivity index (χ2n) is 9.14. The van der Waals surface area contributed by atoms with E-state index in [0.717, 1.165) is 12.0 Å². The molecule has 0 saturated carbocycles. The van der Waals surface area contributed by atoms with E-state index in [1.54, 1.807) is 39.2 Å². The van der Waals surface area contributed by atoms with Crippen LogP contribution in [0.4, 0.5) is 5.69 Å². The molecule has 1 aromatic heterocycles. The fraction of sp³-hybridized carbons (Fsp3) is 0.370. The number of methoxy groups -OCH3 is 1. The number of hydrogen-bond acceptors (Lipinski definition) is 7. The van der Waals surface area contributed by atoms with E-state index in [0.29, 0.717) is 45.7 Å². The number of amides is 1. The van der Waals surface area contributed by atoms with Crippen molar-refractivity contribution in [2.45, 2.75) is 52.6 Å². The summed E-state index contributed by atoms with van der Waals surface area (Å²) in [5.41, 5.74) is 1.97. The normalized spacial score (nSPS) is 14.1. The van der Waals surface area contributed by atoms with E-state index in [2.05, 4.69) is 5.32 Å². The van der Waals surface area contributed by atoms with Crippen LogP contribution >= 0.6 is 0 Å². The van der Waals surface area contributed by atoms with Gasteiger partial charge in [-0.15, -0.1) is 0 Å². The van der Waals surface area contributed by atoms with Gasteiger partial charge in [-0.1, -0.05) is 6.07 Å². The Balaban J connectivity index is 1.67. The van der Waals surface area contributed by atoms with Crippen LogP contribution in [-0.2, 0) is 22.4 Å². The van der Waals surface area contributed by atoms with Crippen molar-refractivity contribution in [3.63, 3.8) is 0 Å². The van der Waals surface area contributed by atoms with E-state index < -0.39 is 17.5 Å². The molecule has 8 nitrogen and oxygen atoms in total. The summed E-state index contributed by atoms with van der Waals surface area (Å²) >= 11 is 0. The van der Waals surface area contributed by atoms with Gasteiger partial charge in [0.15, 0.2) is 0 Å². The van der Waals surface area contributed by atoms with Crippen LogP contribution in [-0.4, -0.2) is 31.2 Å². The van der Waals surface area contributed by atoms with Crippen molar-refractivity contribution in [3.8, 4) is 11.5 Å². The monoisotopic (exact) mass is 479 g/mol. The Bertz CT molecular complexity index is 1370. The number of esters is 1. The minimum Gasteiger partial charge on any atom is -0.496 e. The van der Waals surface area contributed by atoms with Crippen LogP contribution in [0.15, 0.2) is 39.5 Å². The van der Waals surface area contributed by atoms with E-state index in [4.69, 9.17) is 18.6 Å². The highest BCUT2D eigenvalue weighted by atomic mass is 16.5. The maximum Gasteiger partial charge on any atom is 0.340 e. The number of carbonyl (C=O) groups is 2. The SMILES string of the molecule is CCOC(=O)c1cccc(NC(=O)Cc2c(C)c3c(OC)cc4c(c3oc2=O)CCC(C)(C)O4)c1. The molecule has 1 amide bonds. The van der Waals surface area contributed by atoms with Gasteiger partial charge < -0.3 is 23.9 Å². The standard InChI is InChI=1S/C27H29NO7/c1-6-33-25(30)16-8-7-9-17(12-16)28-22(29)13-19-15(2)23-21(32-5)14-20-18(24(23)34-26(19)31)10-11-27(3,4)35-20/h7-9,12,14H,6,10-11,13H2,1-5H3,(H,28,29). The first-order valence-electron chi connectivity index (χ1n) is 11.6. The molecular formula is C27H29NO7. The lowest BCUT2D eigenvalue weighted by molar-refractivity contribution is -0.115. The van der Waals surface area contributed by atoms with Gasteiger partial charge in [0.25, 0.3) is 0 Å². The molecule has 2 heterocycles. The molecule has 0 unspecified atom stereocenters. The number of hydrogen-bond donors (Lipinski definition) is 1. The van der Waals surface area contributed by atoms with E-state index in [1.807, 2.05) is 19.9 Å². The molecule has 0 fully saturated rings. The van der Waals surface area contributed by atoms with Crippen molar-refractivity contribution in [1.29, 1.82) is 0 Å². The number of fused-ring (bicyclic) bond motifs is 3. The Hall–Kier alpha value is -3.81. The smallest absolute Gasteiger partial charge is 0.340 e. The molecular weight excluding hydrogens is 450 g/mol. The molecule has 4 rings (SSSR count). The Labute approximate surface area is 203 Å². The van der Waals surface area contributed by atoms with Crippen LogP contribution in [0.5, 0.6) is 11.5 Å². The highest BCUT2D eigenvalue weighted by molar-refractivity contribution is 5.97. The largest absolute Gasteiger partial charge is 0.496 e. The van der Waals surface area contributed by atoms with Gasteiger partial charge in [0.1, 0.15) is 22.7 Å². The lowest BCUT2D eigenvalue weighted by Gasteiger charge is -2.33. The molecule has 0 atom stereocenters. The van der Waals surface area contributed by atoms with Gasteiger partial charge in [0, 0.05) is 17.3 Å². The maximum atomic E-state index is 13.0. The third-order valence-corrected chi connectivity index (χ3v) is 6.15. The summed E-state index contributed by atoms with van der Waals surface area (Å²) in [7, 11) is 1.54. The summed E-state index contributed by atoms with van der Waals surface area (Å²) in [5.74, 6) is 0.266. The molecule has 0 radical (unpaired) electrons. The van der Waals surface area contributed by atoms with E-state index >= 15 is 0 Å². The minimum atomic E-state index is -0.578. The van der Waals surface area contributed by atoms with Crippen molar-refractivity contribution in [1.82, 2.24) is 0 Å². The van der Waals surface area contributed by atoms with Crippen molar-refractivity contribution in [3.05, 3.63) is 63.0 Å². The average molecular weight is 480 g/mol. The van der Waals surface area contributed by atoms with E-state index in [1.165, 1.54) is 6.07 Å². The molecule has 3 aromatic rings. The molecule has 1 N–H and O–H groups in total. The first-order chi connectivity index (χ1) is 16.6. The summed E-state index contributed by atoms with van der Waals surface area (Å²) < 4.78 is 22.5. The molecule has 2 aromatic carbocycles. The number of nitrogens with one attached hydrogen (secondary N) is 1. The topological polar surface area (TPSA) is 104 Å². The zero-order chi connectivity index (χ0) is 25.3. The van der Waals surface area contributed by atoms with Gasteiger partial charge >= 0.3 is 11.6 Å². The minimum absolute atomic E-state index is 0.197. The number of benzene rings is 2.